The number of amides is 1. The number of sulfonamides is 1. The van der Waals surface area contributed by atoms with Gasteiger partial charge < -0.3 is 24.4 Å². The molecule has 10 heteroatoms. The number of nitrogens with one attached hydrogen (secondary N) is 1. The predicted molar refractivity (Wildman–Crippen MR) is 178 cm³/mol. The summed E-state index contributed by atoms with van der Waals surface area (Å²) in [6, 6.07) is 12.5. The van der Waals surface area contributed by atoms with Crippen LogP contribution in [0.4, 0.5) is 5.69 Å². The second-order valence-electron chi connectivity index (χ2n) is 13.2. The minimum Gasteiger partial charge on any atom is -0.490 e. The minimum absolute atomic E-state index is 0.0113. The Labute approximate surface area is 270 Å². The first-order chi connectivity index (χ1) is 21.6. The molecular weight excluding hydrogens is 590 g/mol. The van der Waals surface area contributed by atoms with Gasteiger partial charge in [0.05, 0.1) is 35.3 Å². The molecule has 9 nitrogen and oxygen atoms in total. The lowest BCUT2D eigenvalue weighted by molar-refractivity contribution is -0.0190. The molecule has 0 aromatic heterocycles. The van der Waals surface area contributed by atoms with Crippen LogP contribution in [0.15, 0.2) is 53.4 Å². The molecule has 250 valence electrons. The van der Waals surface area contributed by atoms with Gasteiger partial charge in [0.15, 0.2) is 0 Å². The molecule has 0 bridgehead atoms. The Kier molecular flexibility index (Phi) is 13.1. The summed E-state index contributed by atoms with van der Waals surface area (Å²) in [7, 11) is -1.70. The van der Waals surface area contributed by atoms with E-state index in [9.17, 15) is 18.3 Å². The van der Waals surface area contributed by atoms with Gasteiger partial charge in [0.25, 0.3) is 15.9 Å². The number of aliphatic hydroxyl groups is 1. The van der Waals surface area contributed by atoms with Gasteiger partial charge in [-0.3, -0.25) is 9.52 Å². The van der Waals surface area contributed by atoms with Crippen LogP contribution in [0.2, 0.25) is 0 Å². The van der Waals surface area contributed by atoms with Gasteiger partial charge in [0.1, 0.15) is 5.75 Å². The van der Waals surface area contributed by atoms with Crippen molar-refractivity contribution in [2.75, 3.05) is 44.6 Å². The van der Waals surface area contributed by atoms with Gasteiger partial charge in [-0.1, -0.05) is 44.4 Å². The average Bonchev–Trinajstić information content (AvgIpc) is 3.03. The minimum atomic E-state index is -3.87. The van der Waals surface area contributed by atoms with Crippen LogP contribution < -0.4 is 9.46 Å². The third kappa shape index (κ3) is 10.2. The van der Waals surface area contributed by atoms with Gasteiger partial charge in [0.2, 0.25) is 0 Å². The number of fused-ring (bicyclic) bond motifs is 1. The lowest BCUT2D eigenvalue weighted by Gasteiger charge is -2.36. The first-order valence-electron chi connectivity index (χ1n) is 16.7. The number of likely N-dealkylation sites (N-methyl/N-ethyl adjacent to an activating group) is 1. The van der Waals surface area contributed by atoms with E-state index in [-0.39, 0.29) is 46.8 Å². The third-order valence-corrected chi connectivity index (χ3v) is 10.5. The van der Waals surface area contributed by atoms with Gasteiger partial charge in [0, 0.05) is 37.8 Å². The molecule has 1 fully saturated rings. The third-order valence-electron chi connectivity index (χ3n) is 9.14. The number of aliphatic hydroxyl groups excluding tert-OH is 1. The van der Waals surface area contributed by atoms with Crippen molar-refractivity contribution in [1.82, 2.24) is 9.80 Å². The van der Waals surface area contributed by atoms with Crippen LogP contribution in [0.1, 0.15) is 82.5 Å². The second-order valence-corrected chi connectivity index (χ2v) is 14.8. The Morgan fingerprint density at radius 2 is 1.71 bits per heavy atom. The summed E-state index contributed by atoms with van der Waals surface area (Å²) in [6.45, 7) is 8.54. The molecule has 45 heavy (non-hydrogen) atoms. The monoisotopic (exact) mass is 643 g/mol. The van der Waals surface area contributed by atoms with Gasteiger partial charge in [-0.05, 0) is 89.2 Å². The molecule has 1 amide bonds. The van der Waals surface area contributed by atoms with Crippen molar-refractivity contribution in [3.05, 3.63) is 54.1 Å². The Balaban J connectivity index is 1.62. The summed E-state index contributed by atoms with van der Waals surface area (Å²) in [5.41, 5.74) is 0.519. The number of rotatable bonds is 9. The molecule has 2 aromatic rings. The van der Waals surface area contributed by atoms with Gasteiger partial charge in [-0.15, -0.1) is 0 Å². The standard InChI is InChI=1S/C35H53N3O6S/c1-26-22-38(27(2)25-39)35(40)32-21-30(36-45(41,42)31-16-9-6-10-17-31)18-19-33(32)44-28(3)13-11-12-20-43-34(26)24-37(4)23-29-14-7-5-8-15-29/h6,9-10,16-19,21,26-29,34,36,39H,5,7-8,11-15,20,22-25H2,1-4H3/t26-,27-,28+,34-/m0/s1. The molecule has 0 unspecified atom stereocenters. The highest BCUT2D eigenvalue weighted by Gasteiger charge is 2.31. The summed E-state index contributed by atoms with van der Waals surface area (Å²) >= 11 is 0. The van der Waals surface area contributed by atoms with Crippen molar-refractivity contribution in [2.45, 2.75) is 95.3 Å². The SMILES string of the molecule is C[C@@H]1CCCCO[C@@H](CN(C)CC2CCCCC2)[C@@H](C)CN([C@@H](C)CO)C(=O)c2cc(NS(=O)(=O)c3ccccc3)ccc2O1. The number of hydrogen-bond acceptors (Lipinski definition) is 7. The van der Waals surface area contributed by atoms with E-state index in [2.05, 4.69) is 23.6 Å². The number of anilines is 1. The molecule has 2 aromatic carbocycles. The van der Waals surface area contributed by atoms with E-state index >= 15 is 0 Å². The van der Waals surface area contributed by atoms with E-state index < -0.39 is 16.1 Å². The van der Waals surface area contributed by atoms with Crippen molar-refractivity contribution in [3.8, 4) is 5.75 Å². The fraction of sp³-hybridized carbons (Fsp3) is 0.629. The van der Waals surface area contributed by atoms with Gasteiger partial charge in [-0.25, -0.2) is 8.42 Å². The Morgan fingerprint density at radius 1 is 1.00 bits per heavy atom. The highest BCUT2D eigenvalue weighted by Crippen LogP contribution is 2.30. The van der Waals surface area contributed by atoms with Crippen molar-refractivity contribution in [3.63, 3.8) is 0 Å². The molecule has 2 aliphatic rings. The van der Waals surface area contributed by atoms with Crippen LogP contribution >= 0.6 is 0 Å². The van der Waals surface area contributed by atoms with E-state index in [1.165, 1.54) is 44.2 Å². The lowest BCUT2D eigenvalue weighted by Crippen LogP contribution is -2.47. The van der Waals surface area contributed by atoms with Gasteiger partial charge >= 0.3 is 0 Å². The molecule has 1 heterocycles. The zero-order chi connectivity index (χ0) is 32.4. The zero-order valence-corrected chi connectivity index (χ0v) is 28.3. The highest BCUT2D eigenvalue weighted by molar-refractivity contribution is 7.92. The summed E-state index contributed by atoms with van der Waals surface area (Å²) < 4.78 is 41.6. The smallest absolute Gasteiger partial charge is 0.261 e. The van der Waals surface area contributed by atoms with Crippen molar-refractivity contribution in [1.29, 1.82) is 0 Å². The largest absolute Gasteiger partial charge is 0.490 e. The van der Waals surface area contributed by atoms with Crippen LogP contribution in [0.25, 0.3) is 0 Å². The maximum atomic E-state index is 14.3. The van der Waals surface area contributed by atoms with Crippen molar-refractivity contribution in [2.24, 2.45) is 11.8 Å². The van der Waals surface area contributed by atoms with Gasteiger partial charge in [-0.2, -0.15) is 0 Å². The van der Waals surface area contributed by atoms with Crippen LogP contribution in [-0.2, 0) is 14.8 Å². The van der Waals surface area contributed by atoms with E-state index in [0.717, 1.165) is 38.3 Å². The van der Waals surface area contributed by atoms with E-state index in [4.69, 9.17) is 9.47 Å². The normalized spacial score (nSPS) is 23.6. The average molecular weight is 644 g/mol. The van der Waals surface area contributed by atoms with Crippen molar-refractivity contribution >= 4 is 21.6 Å². The number of benzene rings is 2. The Morgan fingerprint density at radius 3 is 2.42 bits per heavy atom. The molecule has 0 spiro atoms. The predicted octanol–water partition coefficient (Wildman–Crippen LogP) is 5.80. The molecular formula is C35H53N3O6S. The van der Waals surface area contributed by atoms with Crippen LogP contribution in [-0.4, -0.2) is 87.4 Å². The van der Waals surface area contributed by atoms with E-state index in [1.807, 2.05) is 13.8 Å². The molecule has 1 saturated carbocycles. The van der Waals surface area contributed by atoms with Crippen LogP contribution in [0, 0.1) is 11.8 Å². The topological polar surface area (TPSA) is 108 Å². The van der Waals surface area contributed by atoms with Crippen molar-refractivity contribution < 1.29 is 27.8 Å². The van der Waals surface area contributed by atoms with Crippen LogP contribution in [0.5, 0.6) is 5.75 Å². The maximum absolute atomic E-state index is 14.3. The summed E-state index contributed by atoms with van der Waals surface area (Å²) in [5.74, 6) is 0.784. The molecule has 4 atom stereocenters. The zero-order valence-electron chi connectivity index (χ0n) is 27.5. The summed E-state index contributed by atoms with van der Waals surface area (Å²) in [4.78, 5) is 18.5. The van der Waals surface area contributed by atoms with E-state index in [1.54, 1.807) is 41.3 Å². The molecule has 0 saturated heterocycles. The summed E-state index contributed by atoms with van der Waals surface area (Å²) in [5, 5.41) is 10.2. The van der Waals surface area contributed by atoms with E-state index in [0.29, 0.717) is 18.9 Å². The fourth-order valence-corrected chi connectivity index (χ4v) is 7.53. The van der Waals surface area contributed by atoms with Crippen LogP contribution in [0.3, 0.4) is 0 Å². The highest BCUT2D eigenvalue weighted by atomic mass is 32.2. The second kappa shape index (κ2) is 16.8. The lowest BCUT2D eigenvalue weighted by atomic mass is 9.89. The quantitative estimate of drug-likeness (QED) is 0.356. The molecule has 1 aliphatic heterocycles. The first-order valence-corrected chi connectivity index (χ1v) is 18.2. The summed E-state index contributed by atoms with van der Waals surface area (Å²) in [6.07, 6.45) is 8.90. The molecule has 1 aliphatic carbocycles. The molecule has 2 N–H and O–H groups in total. The Hall–Kier alpha value is -2.66. The molecule has 4 rings (SSSR count). The fourth-order valence-electron chi connectivity index (χ4n) is 6.45. The number of hydrogen-bond donors (Lipinski definition) is 2. The number of nitrogens with zero attached hydrogens (tertiary/aromatic N) is 2. The Bertz CT molecular complexity index is 1320. The number of ether oxygens (including phenoxy) is 2. The maximum Gasteiger partial charge on any atom is 0.261 e. The first kappa shape index (κ1) is 35.2. The number of carbonyl (C=O) groups excluding carboxylic acids is 1. The number of carbonyl (C=O) groups is 1. The molecule has 0 radical (unpaired) electrons.